The average Bonchev–Trinajstić information content (AvgIpc) is 3.30. The summed E-state index contributed by atoms with van der Waals surface area (Å²) in [7, 11) is 2.15. The second-order valence-electron chi connectivity index (χ2n) is 7.95. The van der Waals surface area contributed by atoms with E-state index < -0.39 is 0 Å². The van der Waals surface area contributed by atoms with Gasteiger partial charge in [0.25, 0.3) is 5.91 Å². The van der Waals surface area contributed by atoms with Gasteiger partial charge in [-0.05, 0) is 50.2 Å². The van der Waals surface area contributed by atoms with Gasteiger partial charge in [-0.2, -0.15) is 0 Å². The molecule has 30 heavy (non-hydrogen) atoms. The summed E-state index contributed by atoms with van der Waals surface area (Å²) in [6, 6.07) is 14.4. The van der Waals surface area contributed by atoms with Gasteiger partial charge < -0.3 is 15.1 Å². The Balaban J connectivity index is 1.49. The van der Waals surface area contributed by atoms with Crippen LogP contribution in [0.4, 0.5) is 5.69 Å². The van der Waals surface area contributed by atoms with Gasteiger partial charge in [0, 0.05) is 54.6 Å². The van der Waals surface area contributed by atoms with Crippen molar-refractivity contribution in [1.29, 1.82) is 0 Å². The summed E-state index contributed by atoms with van der Waals surface area (Å²) in [5.41, 5.74) is 5.02. The Labute approximate surface area is 182 Å². The van der Waals surface area contributed by atoms with Crippen LogP contribution in [0.5, 0.6) is 0 Å². The zero-order chi connectivity index (χ0) is 21.1. The van der Waals surface area contributed by atoms with Crippen LogP contribution in [0.25, 0.3) is 10.6 Å². The molecule has 1 N–H and O–H groups in total. The molecule has 0 aliphatic carbocycles. The summed E-state index contributed by atoms with van der Waals surface area (Å²) < 4.78 is 0. The molecule has 0 saturated carbocycles. The molecule has 1 fully saturated rings. The Morgan fingerprint density at radius 2 is 1.93 bits per heavy atom. The Kier molecular flexibility index (Phi) is 6.16. The molecule has 156 valence electrons. The number of thiazole rings is 1. The Hall–Kier alpha value is -2.70. The van der Waals surface area contributed by atoms with Crippen LogP contribution in [0.2, 0.25) is 0 Å². The van der Waals surface area contributed by atoms with E-state index in [1.165, 1.54) is 0 Å². The summed E-state index contributed by atoms with van der Waals surface area (Å²) in [5, 5.41) is 6.15. The summed E-state index contributed by atoms with van der Waals surface area (Å²) in [6.45, 7) is 8.08. The van der Waals surface area contributed by atoms with E-state index in [0.717, 1.165) is 59.1 Å². The monoisotopic (exact) mass is 420 g/mol. The second kappa shape index (κ2) is 8.98. The van der Waals surface area contributed by atoms with Crippen LogP contribution in [-0.4, -0.2) is 49.0 Å². The van der Waals surface area contributed by atoms with Crippen LogP contribution in [0.3, 0.4) is 0 Å². The molecule has 1 amide bonds. The van der Waals surface area contributed by atoms with Gasteiger partial charge >= 0.3 is 0 Å². The molecule has 6 heteroatoms. The number of carbonyl (C=O) groups excluding carboxylic acids is 1. The molecule has 1 aliphatic rings. The first-order valence-corrected chi connectivity index (χ1v) is 11.2. The zero-order valence-corrected chi connectivity index (χ0v) is 18.6. The molecule has 0 unspecified atom stereocenters. The van der Waals surface area contributed by atoms with Crippen LogP contribution in [-0.2, 0) is 0 Å². The highest BCUT2D eigenvalue weighted by Gasteiger charge is 2.18. The van der Waals surface area contributed by atoms with Crippen LogP contribution in [0, 0.1) is 6.92 Å². The van der Waals surface area contributed by atoms with E-state index in [-0.39, 0.29) is 11.9 Å². The van der Waals surface area contributed by atoms with Gasteiger partial charge in [-0.3, -0.25) is 4.79 Å². The molecule has 0 radical (unpaired) electrons. The van der Waals surface area contributed by atoms with Gasteiger partial charge in [0.2, 0.25) is 0 Å². The number of amides is 1. The third kappa shape index (κ3) is 4.55. The maximum atomic E-state index is 13.1. The minimum absolute atomic E-state index is 0.0318. The average molecular weight is 421 g/mol. The molecule has 1 saturated heterocycles. The summed E-state index contributed by atoms with van der Waals surface area (Å²) >= 11 is 1.62. The molecule has 2 heterocycles. The first kappa shape index (κ1) is 20.6. The van der Waals surface area contributed by atoms with Crippen LogP contribution >= 0.6 is 11.3 Å². The topological polar surface area (TPSA) is 48.5 Å². The van der Waals surface area contributed by atoms with Gasteiger partial charge in [0.15, 0.2) is 0 Å². The van der Waals surface area contributed by atoms with Gasteiger partial charge in [0.05, 0.1) is 6.04 Å². The molecule has 4 rings (SSSR count). The molecule has 0 bridgehead atoms. The summed E-state index contributed by atoms with van der Waals surface area (Å²) in [6.07, 6.45) is 1.81. The van der Waals surface area contributed by atoms with Crippen LogP contribution < -0.4 is 10.2 Å². The minimum Gasteiger partial charge on any atom is -0.369 e. The largest absolute Gasteiger partial charge is 0.369 e. The highest BCUT2D eigenvalue weighted by molar-refractivity contribution is 7.13. The lowest BCUT2D eigenvalue weighted by Crippen LogP contribution is -2.44. The number of nitrogens with one attached hydrogen (secondary N) is 1. The van der Waals surface area contributed by atoms with E-state index in [1.54, 1.807) is 11.3 Å². The number of rotatable bonds is 5. The predicted molar refractivity (Wildman–Crippen MR) is 124 cm³/mol. The maximum absolute atomic E-state index is 13.1. The third-order valence-corrected chi connectivity index (χ3v) is 6.57. The maximum Gasteiger partial charge on any atom is 0.252 e. The van der Waals surface area contributed by atoms with Crippen molar-refractivity contribution in [3.05, 3.63) is 70.7 Å². The Morgan fingerprint density at radius 1 is 1.13 bits per heavy atom. The SMILES string of the molecule is Cc1ccc(N2CCN(C)CC2)cc1C(=O)N[C@H](C)c1cccc(-c2nccs2)c1. The number of likely N-dealkylation sites (N-methyl/N-ethyl adjacent to an activating group) is 1. The fourth-order valence-corrected chi connectivity index (χ4v) is 4.42. The van der Waals surface area contributed by atoms with E-state index in [0.29, 0.717) is 0 Å². The molecular weight excluding hydrogens is 392 g/mol. The van der Waals surface area contributed by atoms with Crippen molar-refractivity contribution in [2.45, 2.75) is 19.9 Å². The smallest absolute Gasteiger partial charge is 0.252 e. The second-order valence-corrected chi connectivity index (χ2v) is 8.84. The fourth-order valence-electron chi connectivity index (χ4n) is 3.78. The van der Waals surface area contributed by atoms with Crippen molar-refractivity contribution in [1.82, 2.24) is 15.2 Å². The van der Waals surface area contributed by atoms with Crippen molar-refractivity contribution in [3.8, 4) is 10.6 Å². The third-order valence-electron chi connectivity index (χ3n) is 5.75. The molecule has 1 aromatic heterocycles. The van der Waals surface area contributed by atoms with Crippen LogP contribution in [0.15, 0.2) is 54.0 Å². The standard InChI is InChI=1S/C24H28N4OS/c1-17-7-8-21(28-12-10-27(3)11-13-28)16-22(17)23(29)26-18(2)19-5-4-6-20(15-19)24-25-9-14-30-24/h4-9,14-16,18H,10-13H2,1-3H3,(H,26,29)/t18-/m1/s1. The predicted octanol–water partition coefficient (Wildman–Crippen LogP) is 4.36. The normalized spacial score (nSPS) is 15.8. The number of aryl methyl sites for hydroxylation is 1. The summed E-state index contributed by atoms with van der Waals surface area (Å²) in [4.78, 5) is 22.2. The van der Waals surface area contributed by atoms with Crippen molar-refractivity contribution >= 4 is 22.9 Å². The lowest BCUT2D eigenvalue weighted by atomic mass is 10.0. The van der Waals surface area contributed by atoms with Gasteiger partial charge in [-0.15, -0.1) is 11.3 Å². The van der Waals surface area contributed by atoms with Crippen LogP contribution in [0.1, 0.15) is 34.5 Å². The molecule has 5 nitrogen and oxygen atoms in total. The molecule has 2 aromatic carbocycles. The van der Waals surface area contributed by atoms with Crippen molar-refractivity contribution < 1.29 is 4.79 Å². The molecule has 0 spiro atoms. The van der Waals surface area contributed by atoms with E-state index in [1.807, 2.05) is 37.6 Å². The van der Waals surface area contributed by atoms with E-state index in [9.17, 15) is 4.79 Å². The number of anilines is 1. The zero-order valence-electron chi connectivity index (χ0n) is 17.8. The summed E-state index contributed by atoms with van der Waals surface area (Å²) in [5.74, 6) is -0.0318. The van der Waals surface area contributed by atoms with Crippen molar-refractivity contribution in [2.75, 3.05) is 38.1 Å². The number of benzene rings is 2. The lowest BCUT2D eigenvalue weighted by Gasteiger charge is -2.34. The molecular formula is C24H28N4OS. The van der Waals surface area contributed by atoms with Gasteiger partial charge in [-0.25, -0.2) is 4.98 Å². The lowest BCUT2D eigenvalue weighted by molar-refractivity contribution is 0.0939. The molecule has 3 aromatic rings. The Morgan fingerprint density at radius 3 is 2.67 bits per heavy atom. The number of hydrogen-bond donors (Lipinski definition) is 1. The first-order valence-electron chi connectivity index (χ1n) is 10.4. The van der Waals surface area contributed by atoms with E-state index >= 15 is 0 Å². The number of carbonyl (C=O) groups is 1. The highest BCUT2D eigenvalue weighted by atomic mass is 32.1. The first-order chi connectivity index (χ1) is 14.5. The number of nitrogens with zero attached hydrogens (tertiary/aromatic N) is 3. The number of aromatic nitrogens is 1. The van der Waals surface area contributed by atoms with Crippen molar-refractivity contribution in [2.24, 2.45) is 0 Å². The highest BCUT2D eigenvalue weighted by Crippen LogP contribution is 2.26. The Bertz CT molecular complexity index is 1010. The van der Waals surface area contributed by atoms with Gasteiger partial charge in [-0.1, -0.05) is 24.3 Å². The molecule has 1 atom stereocenters. The van der Waals surface area contributed by atoms with E-state index in [2.05, 4.69) is 57.5 Å². The van der Waals surface area contributed by atoms with Gasteiger partial charge in [0.1, 0.15) is 5.01 Å². The fraction of sp³-hybridized carbons (Fsp3) is 0.333. The number of hydrogen-bond acceptors (Lipinski definition) is 5. The van der Waals surface area contributed by atoms with Crippen molar-refractivity contribution in [3.63, 3.8) is 0 Å². The minimum atomic E-state index is -0.0934. The van der Waals surface area contributed by atoms with E-state index in [4.69, 9.17) is 0 Å². The number of piperazine rings is 1. The quantitative estimate of drug-likeness (QED) is 0.666. The molecule has 1 aliphatic heterocycles.